The number of hydrogen-bond donors (Lipinski definition) is 1. The van der Waals surface area contributed by atoms with Crippen molar-refractivity contribution in [3.05, 3.63) is 72.5 Å². The van der Waals surface area contributed by atoms with Crippen LogP contribution in [-0.4, -0.2) is 48.1 Å². The van der Waals surface area contributed by atoms with Crippen LogP contribution in [0.5, 0.6) is 5.75 Å². The smallest absolute Gasteiger partial charge is 0.260 e. The van der Waals surface area contributed by atoms with Gasteiger partial charge in [-0.3, -0.25) is 9.59 Å². The highest BCUT2D eigenvalue weighted by atomic mass is 16.5. The summed E-state index contributed by atoms with van der Waals surface area (Å²) in [6.45, 7) is 3.28. The summed E-state index contributed by atoms with van der Waals surface area (Å²) in [5.74, 6) is 1.09. The van der Waals surface area contributed by atoms with Crippen LogP contribution in [-0.2, 0) is 16.0 Å². The van der Waals surface area contributed by atoms with Gasteiger partial charge in [-0.15, -0.1) is 0 Å². The van der Waals surface area contributed by atoms with Crippen LogP contribution in [0, 0.1) is 5.41 Å². The third-order valence-electron chi connectivity index (χ3n) is 6.00. The molecule has 1 aliphatic rings. The molecule has 1 atom stereocenters. The number of para-hydroxylation sites is 1. The molecule has 2 aromatic carbocycles. The Labute approximate surface area is 193 Å². The van der Waals surface area contributed by atoms with Gasteiger partial charge in [-0.05, 0) is 31.9 Å². The van der Waals surface area contributed by atoms with Crippen LogP contribution < -0.4 is 10.1 Å². The Kier molecular flexibility index (Phi) is 7.07. The lowest BCUT2D eigenvalue weighted by molar-refractivity contribution is -0.143. The standard InChI is InChI=1S/C26H29N3O4/c1-2-27-25(31)26(17-22-16-23(28-33-22)20-10-5-3-6-11-20)14-9-15-29(19-26)24(30)18-32-21-12-7-4-8-13-21/h3-8,10-13,16H,2,9,14-15,17-19H2,1H3,(H,27,31). The number of carbonyl (C=O) groups is 2. The van der Waals surface area contributed by atoms with E-state index in [1.54, 1.807) is 4.90 Å². The first-order valence-electron chi connectivity index (χ1n) is 11.3. The van der Waals surface area contributed by atoms with Crippen molar-refractivity contribution in [2.24, 2.45) is 5.41 Å². The first kappa shape index (κ1) is 22.6. The minimum Gasteiger partial charge on any atom is -0.484 e. The predicted octanol–water partition coefficient (Wildman–Crippen LogP) is 3.71. The van der Waals surface area contributed by atoms with Crippen LogP contribution >= 0.6 is 0 Å². The molecular weight excluding hydrogens is 418 g/mol. The van der Waals surface area contributed by atoms with Gasteiger partial charge in [0.05, 0.1) is 5.41 Å². The molecule has 7 heteroatoms. The third kappa shape index (κ3) is 5.42. The van der Waals surface area contributed by atoms with E-state index in [0.29, 0.717) is 44.0 Å². The minimum absolute atomic E-state index is 0.0596. The monoisotopic (exact) mass is 447 g/mol. The average molecular weight is 448 g/mol. The Morgan fingerprint density at radius 3 is 2.58 bits per heavy atom. The number of amides is 2. The molecular formula is C26H29N3O4. The molecule has 7 nitrogen and oxygen atoms in total. The van der Waals surface area contributed by atoms with Gasteiger partial charge in [0.1, 0.15) is 17.2 Å². The number of aromatic nitrogens is 1. The molecule has 4 rings (SSSR count). The van der Waals surface area contributed by atoms with Crippen molar-refractivity contribution >= 4 is 11.8 Å². The molecule has 172 valence electrons. The second-order valence-corrected chi connectivity index (χ2v) is 8.38. The highest BCUT2D eigenvalue weighted by molar-refractivity contribution is 5.85. The molecule has 2 amide bonds. The maximum atomic E-state index is 13.2. The van der Waals surface area contributed by atoms with Crippen molar-refractivity contribution in [1.82, 2.24) is 15.4 Å². The molecule has 1 N–H and O–H groups in total. The van der Waals surface area contributed by atoms with Crippen LogP contribution in [0.2, 0.25) is 0 Å². The molecule has 2 heterocycles. The van der Waals surface area contributed by atoms with Crippen molar-refractivity contribution in [2.45, 2.75) is 26.2 Å². The molecule has 1 aromatic heterocycles. The van der Waals surface area contributed by atoms with Gasteiger partial charge in [-0.25, -0.2) is 0 Å². The Morgan fingerprint density at radius 2 is 1.85 bits per heavy atom. The lowest BCUT2D eigenvalue weighted by Crippen LogP contribution is -2.55. The van der Waals surface area contributed by atoms with Gasteiger partial charge in [-0.2, -0.15) is 0 Å². The lowest BCUT2D eigenvalue weighted by Gasteiger charge is -2.41. The SMILES string of the molecule is CCNC(=O)C1(Cc2cc(-c3ccccc3)no2)CCCN(C(=O)COc2ccccc2)C1. The van der Waals surface area contributed by atoms with Crippen molar-refractivity contribution in [3.63, 3.8) is 0 Å². The number of nitrogens with zero attached hydrogens (tertiary/aromatic N) is 2. The summed E-state index contributed by atoms with van der Waals surface area (Å²) in [5, 5.41) is 7.16. The number of nitrogens with one attached hydrogen (secondary N) is 1. The van der Waals surface area contributed by atoms with Crippen molar-refractivity contribution in [2.75, 3.05) is 26.2 Å². The molecule has 1 fully saturated rings. The van der Waals surface area contributed by atoms with E-state index >= 15 is 0 Å². The summed E-state index contributed by atoms with van der Waals surface area (Å²) in [5.41, 5.74) is 0.916. The Hall–Kier alpha value is -3.61. The summed E-state index contributed by atoms with van der Waals surface area (Å²) < 4.78 is 11.3. The first-order valence-corrected chi connectivity index (χ1v) is 11.3. The zero-order valence-electron chi connectivity index (χ0n) is 18.8. The highest BCUT2D eigenvalue weighted by Crippen LogP contribution is 2.35. The number of carbonyl (C=O) groups excluding carboxylic acids is 2. The third-order valence-corrected chi connectivity index (χ3v) is 6.00. The maximum absolute atomic E-state index is 13.2. The minimum atomic E-state index is -0.774. The van der Waals surface area contributed by atoms with E-state index in [-0.39, 0.29) is 18.4 Å². The Bertz CT molecular complexity index is 1070. The van der Waals surface area contributed by atoms with E-state index in [1.165, 1.54) is 0 Å². The molecule has 0 aliphatic carbocycles. The number of hydrogen-bond acceptors (Lipinski definition) is 5. The van der Waals surface area contributed by atoms with E-state index in [1.807, 2.05) is 73.7 Å². The zero-order chi connectivity index (χ0) is 23.1. The van der Waals surface area contributed by atoms with Gasteiger partial charge < -0.3 is 19.5 Å². The van der Waals surface area contributed by atoms with Gasteiger partial charge in [0.15, 0.2) is 6.61 Å². The summed E-state index contributed by atoms with van der Waals surface area (Å²) in [7, 11) is 0. The van der Waals surface area contributed by atoms with E-state index in [2.05, 4.69) is 10.5 Å². The predicted molar refractivity (Wildman–Crippen MR) is 125 cm³/mol. The van der Waals surface area contributed by atoms with Gasteiger partial charge in [0.25, 0.3) is 5.91 Å². The van der Waals surface area contributed by atoms with Crippen LogP contribution in [0.25, 0.3) is 11.3 Å². The van der Waals surface area contributed by atoms with Crippen LogP contribution in [0.1, 0.15) is 25.5 Å². The number of piperidine rings is 1. The van der Waals surface area contributed by atoms with E-state index in [0.717, 1.165) is 17.7 Å². The fraction of sp³-hybridized carbons (Fsp3) is 0.346. The Balaban J connectivity index is 1.49. The van der Waals surface area contributed by atoms with Crippen molar-refractivity contribution in [3.8, 4) is 17.0 Å². The fourth-order valence-electron chi connectivity index (χ4n) is 4.33. The van der Waals surface area contributed by atoms with Gasteiger partial charge in [-0.1, -0.05) is 53.7 Å². The summed E-state index contributed by atoms with van der Waals surface area (Å²) >= 11 is 0. The second-order valence-electron chi connectivity index (χ2n) is 8.38. The topological polar surface area (TPSA) is 84.7 Å². The highest BCUT2D eigenvalue weighted by Gasteiger charge is 2.44. The first-order chi connectivity index (χ1) is 16.1. The summed E-state index contributed by atoms with van der Waals surface area (Å²) in [6.07, 6.45) is 1.78. The molecule has 1 aliphatic heterocycles. The normalized spacial score (nSPS) is 18.0. The van der Waals surface area contributed by atoms with E-state index < -0.39 is 5.41 Å². The van der Waals surface area contributed by atoms with Gasteiger partial charge >= 0.3 is 0 Å². The maximum Gasteiger partial charge on any atom is 0.260 e. The summed E-state index contributed by atoms with van der Waals surface area (Å²) in [4.78, 5) is 27.9. The van der Waals surface area contributed by atoms with Gasteiger partial charge in [0, 0.05) is 37.7 Å². The van der Waals surface area contributed by atoms with E-state index in [4.69, 9.17) is 9.26 Å². The van der Waals surface area contributed by atoms with E-state index in [9.17, 15) is 9.59 Å². The number of benzene rings is 2. The molecule has 0 radical (unpaired) electrons. The molecule has 1 unspecified atom stereocenters. The van der Waals surface area contributed by atoms with Crippen molar-refractivity contribution < 1.29 is 18.8 Å². The lowest BCUT2D eigenvalue weighted by atomic mass is 9.75. The fourth-order valence-corrected chi connectivity index (χ4v) is 4.33. The largest absolute Gasteiger partial charge is 0.484 e. The Morgan fingerprint density at radius 1 is 1.12 bits per heavy atom. The molecule has 33 heavy (non-hydrogen) atoms. The average Bonchev–Trinajstić information content (AvgIpc) is 3.32. The number of likely N-dealkylation sites (tertiary alicyclic amines) is 1. The van der Waals surface area contributed by atoms with Gasteiger partial charge in [0.2, 0.25) is 5.91 Å². The number of ether oxygens (including phenoxy) is 1. The van der Waals surface area contributed by atoms with Crippen LogP contribution in [0.4, 0.5) is 0 Å². The molecule has 0 spiro atoms. The second kappa shape index (κ2) is 10.3. The quantitative estimate of drug-likeness (QED) is 0.569. The molecule has 0 bridgehead atoms. The molecule has 0 saturated carbocycles. The van der Waals surface area contributed by atoms with Crippen LogP contribution in [0.3, 0.4) is 0 Å². The molecule has 1 saturated heterocycles. The number of rotatable bonds is 8. The summed E-state index contributed by atoms with van der Waals surface area (Å²) in [6, 6.07) is 20.9. The van der Waals surface area contributed by atoms with Crippen LogP contribution in [0.15, 0.2) is 71.3 Å². The molecule has 3 aromatic rings. The van der Waals surface area contributed by atoms with Crippen molar-refractivity contribution in [1.29, 1.82) is 0 Å². The zero-order valence-corrected chi connectivity index (χ0v) is 18.8.